The van der Waals surface area contributed by atoms with E-state index in [1.165, 1.54) is 0 Å². The number of anilines is 1. The highest BCUT2D eigenvalue weighted by Gasteiger charge is 2.19. The van der Waals surface area contributed by atoms with Crippen molar-refractivity contribution in [3.63, 3.8) is 0 Å². The highest BCUT2D eigenvalue weighted by Crippen LogP contribution is 2.26. The minimum atomic E-state index is -0.415. The topological polar surface area (TPSA) is 79.0 Å². The van der Waals surface area contributed by atoms with Gasteiger partial charge < -0.3 is 10.1 Å². The second-order valence-electron chi connectivity index (χ2n) is 6.11. The number of para-hydroxylation sites is 1. The molecule has 0 radical (unpaired) electrons. The third-order valence-corrected chi connectivity index (χ3v) is 4.59. The van der Waals surface area contributed by atoms with Gasteiger partial charge in [0.1, 0.15) is 5.75 Å². The quantitative estimate of drug-likeness (QED) is 0.613. The summed E-state index contributed by atoms with van der Waals surface area (Å²) in [5.74, 6) is 1.08. The van der Waals surface area contributed by atoms with Crippen molar-refractivity contribution in [1.82, 2.24) is 15.5 Å². The first-order valence-corrected chi connectivity index (χ1v) is 8.71. The Balaban J connectivity index is 1.68. The zero-order chi connectivity index (χ0) is 18.7. The molecule has 2 aromatic carbocycles. The maximum atomic E-state index is 12.5. The molecule has 136 valence electrons. The summed E-state index contributed by atoms with van der Waals surface area (Å²) in [6.45, 7) is 3.82. The number of ether oxygens (including phenoxy) is 1. The average molecular weight is 373 g/mol. The van der Waals surface area contributed by atoms with E-state index in [1.807, 2.05) is 50.2 Å². The van der Waals surface area contributed by atoms with Crippen LogP contribution in [0, 0.1) is 0 Å². The number of halogens is 1. The molecule has 0 saturated carbocycles. The fraction of sp³-hybridized carbons (Fsp3) is 0.263. The number of rotatable bonds is 6. The molecule has 0 fully saturated rings. The Morgan fingerprint density at radius 3 is 2.77 bits per heavy atom. The van der Waals surface area contributed by atoms with Crippen molar-refractivity contribution in [2.75, 3.05) is 12.4 Å². The summed E-state index contributed by atoms with van der Waals surface area (Å²) in [7, 11) is 1.63. The van der Waals surface area contributed by atoms with Gasteiger partial charge in [-0.3, -0.25) is 15.2 Å². The number of amides is 1. The van der Waals surface area contributed by atoms with Crippen molar-refractivity contribution >= 4 is 34.2 Å². The smallest absolute Gasteiger partial charge is 0.242 e. The molecule has 0 spiro atoms. The SMILES string of the molecule is COc1cccc([C@@H](C)N[C@@H](C)C(=O)Nc2n[nH]c3c(Cl)cccc23)c1. The second-order valence-corrected chi connectivity index (χ2v) is 6.52. The van der Waals surface area contributed by atoms with Crippen LogP contribution in [0.5, 0.6) is 5.75 Å². The van der Waals surface area contributed by atoms with Crippen LogP contribution < -0.4 is 15.4 Å². The van der Waals surface area contributed by atoms with Gasteiger partial charge in [0.15, 0.2) is 5.82 Å². The van der Waals surface area contributed by atoms with Crippen molar-refractivity contribution in [3.05, 3.63) is 53.1 Å². The number of methoxy groups -OCH3 is 1. The molecule has 2 atom stereocenters. The Bertz CT molecular complexity index is 925. The first-order chi connectivity index (χ1) is 12.5. The summed E-state index contributed by atoms with van der Waals surface area (Å²) < 4.78 is 5.25. The molecule has 3 N–H and O–H groups in total. The summed E-state index contributed by atoms with van der Waals surface area (Å²) in [5.41, 5.74) is 1.75. The molecule has 7 heteroatoms. The van der Waals surface area contributed by atoms with Gasteiger partial charge in [0, 0.05) is 11.4 Å². The fourth-order valence-corrected chi connectivity index (χ4v) is 3.00. The summed E-state index contributed by atoms with van der Waals surface area (Å²) in [6, 6.07) is 12.8. The lowest BCUT2D eigenvalue weighted by Gasteiger charge is -2.20. The van der Waals surface area contributed by atoms with Crippen LogP contribution >= 0.6 is 11.6 Å². The molecule has 0 aliphatic rings. The maximum absolute atomic E-state index is 12.5. The van der Waals surface area contributed by atoms with Crippen molar-refractivity contribution in [2.24, 2.45) is 0 Å². The Labute approximate surface area is 156 Å². The Kier molecular flexibility index (Phi) is 5.44. The molecule has 0 unspecified atom stereocenters. The van der Waals surface area contributed by atoms with Gasteiger partial charge >= 0.3 is 0 Å². The summed E-state index contributed by atoms with van der Waals surface area (Å²) in [5, 5.41) is 14.5. The van der Waals surface area contributed by atoms with Crippen LogP contribution in [0.25, 0.3) is 10.9 Å². The molecule has 0 aliphatic carbocycles. The molecule has 0 saturated heterocycles. The molecular weight excluding hydrogens is 352 g/mol. The van der Waals surface area contributed by atoms with Gasteiger partial charge in [-0.1, -0.05) is 29.8 Å². The molecule has 1 heterocycles. The largest absolute Gasteiger partial charge is 0.497 e. The highest BCUT2D eigenvalue weighted by molar-refractivity contribution is 6.35. The van der Waals surface area contributed by atoms with Crippen molar-refractivity contribution in [3.8, 4) is 5.75 Å². The Morgan fingerprint density at radius 1 is 1.23 bits per heavy atom. The van der Waals surface area contributed by atoms with E-state index >= 15 is 0 Å². The predicted molar refractivity (Wildman–Crippen MR) is 104 cm³/mol. The van der Waals surface area contributed by atoms with E-state index in [1.54, 1.807) is 13.2 Å². The third-order valence-electron chi connectivity index (χ3n) is 4.28. The van der Waals surface area contributed by atoms with Crippen LogP contribution in [0.4, 0.5) is 5.82 Å². The number of benzene rings is 2. The van der Waals surface area contributed by atoms with Crippen molar-refractivity contribution in [2.45, 2.75) is 25.9 Å². The maximum Gasteiger partial charge on any atom is 0.242 e. The van der Waals surface area contributed by atoms with Gasteiger partial charge in [0.25, 0.3) is 0 Å². The number of aromatic nitrogens is 2. The number of hydrogen-bond donors (Lipinski definition) is 3. The number of nitrogens with zero attached hydrogens (tertiary/aromatic N) is 1. The molecular formula is C19H21ClN4O2. The van der Waals surface area contributed by atoms with Crippen molar-refractivity contribution in [1.29, 1.82) is 0 Å². The zero-order valence-corrected chi connectivity index (χ0v) is 15.6. The predicted octanol–water partition coefficient (Wildman–Crippen LogP) is 3.90. The number of aromatic amines is 1. The fourth-order valence-electron chi connectivity index (χ4n) is 2.79. The number of H-pyrrole nitrogens is 1. The van der Waals surface area contributed by atoms with Crippen LogP contribution in [0.15, 0.2) is 42.5 Å². The Hall–Kier alpha value is -2.57. The van der Waals surface area contributed by atoms with E-state index in [0.717, 1.165) is 16.7 Å². The van der Waals surface area contributed by atoms with Crippen LogP contribution in [0.1, 0.15) is 25.5 Å². The molecule has 3 aromatic rings. The lowest BCUT2D eigenvalue weighted by atomic mass is 10.1. The van der Waals surface area contributed by atoms with Gasteiger partial charge in [0.2, 0.25) is 5.91 Å². The molecule has 1 aromatic heterocycles. The number of nitrogens with one attached hydrogen (secondary N) is 3. The first-order valence-electron chi connectivity index (χ1n) is 8.33. The van der Waals surface area contributed by atoms with E-state index < -0.39 is 6.04 Å². The highest BCUT2D eigenvalue weighted by atomic mass is 35.5. The second kappa shape index (κ2) is 7.76. The zero-order valence-electron chi connectivity index (χ0n) is 14.8. The van der Waals surface area contributed by atoms with Crippen LogP contribution in [0.3, 0.4) is 0 Å². The standard InChI is InChI=1S/C19H21ClN4O2/c1-11(13-6-4-7-14(10-13)26-3)21-12(2)19(25)22-18-15-8-5-9-16(20)17(15)23-24-18/h4-12,21H,1-3H3,(H2,22,23,24,25)/t11-,12+/m1/s1. The molecule has 6 nitrogen and oxygen atoms in total. The summed E-state index contributed by atoms with van der Waals surface area (Å²) >= 11 is 6.12. The van der Waals surface area contributed by atoms with Gasteiger partial charge in [0.05, 0.1) is 23.7 Å². The summed E-state index contributed by atoms with van der Waals surface area (Å²) in [4.78, 5) is 12.5. The van der Waals surface area contributed by atoms with Gasteiger partial charge in [-0.15, -0.1) is 0 Å². The third kappa shape index (κ3) is 3.81. The number of carbonyl (C=O) groups excluding carboxylic acids is 1. The van der Waals surface area contributed by atoms with Gasteiger partial charge in [-0.2, -0.15) is 5.10 Å². The first kappa shape index (κ1) is 18.2. The van der Waals surface area contributed by atoms with E-state index in [-0.39, 0.29) is 11.9 Å². The molecule has 26 heavy (non-hydrogen) atoms. The monoisotopic (exact) mass is 372 g/mol. The molecule has 0 aliphatic heterocycles. The normalized spacial score (nSPS) is 13.4. The molecule has 1 amide bonds. The average Bonchev–Trinajstić information content (AvgIpc) is 3.06. The van der Waals surface area contributed by atoms with Gasteiger partial charge in [-0.05, 0) is 43.7 Å². The van der Waals surface area contributed by atoms with E-state index in [9.17, 15) is 4.79 Å². The Morgan fingerprint density at radius 2 is 2.00 bits per heavy atom. The molecule has 3 rings (SSSR count). The number of hydrogen-bond acceptors (Lipinski definition) is 4. The van der Waals surface area contributed by atoms with E-state index in [4.69, 9.17) is 16.3 Å². The van der Waals surface area contributed by atoms with Crippen molar-refractivity contribution < 1.29 is 9.53 Å². The summed E-state index contributed by atoms with van der Waals surface area (Å²) in [6.07, 6.45) is 0. The number of fused-ring (bicyclic) bond motifs is 1. The lowest BCUT2D eigenvalue weighted by Crippen LogP contribution is -2.39. The van der Waals surface area contributed by atoms with Crippen LogP contribution in [0.2, 0.25) is 5.02 Å². The minimum Gasteiger partial charge on any atom is -0.497 e. The number of carbonyl (C=O) groups is 1. The van der Waals surface area contributed by atoms with E-state index in [2.05, 4.69) is 20.8 Å². The lowest BCUT2D eigenvalue weighted by molar-refractivity contribution is -0.118. The van der Waals surface area contributed by atoms with Gasteiger partial charge in [-0.25, -0.2) is 0 Å². The van der Waals surface area contributed by atoms with E-state index in [0.29, 0.717) is 16.4 Å². The molecule has 0 bridgehead atoms. The minimum absolute atomic E-state index is 0.0174. The van der Waals surface area contributed by atoms with Crippen LogP contribution in [-0.4, -0.2) is 29.3 Å². The van der Waals surface area contributed by atoms with Crippen LogP contribution in [-0.2, 0) is 4.79 Å².